The van der Waals surface area contributed by atoms with Gasteiger partial charge in [-0.2, -0.15) is 0 Å². The molecule has 1 N–H and O–H groups in total. The lowest BCUT2D eigenvalue weighted by molar-refractivity contribution is -0.124. The van der Waals surface area contributed by atoms with E-state index in [1.165, 1.54) is 11.3 Å². The van der Waals surface area contributed by atoms with Crippen molar-refractivity contribution < 1.29 is 14.3 Å². The highest BCUT2D eigenvalue weighted by atomic mass is 32.1. The van der Waals surface area contributed by atoms with E-state index in [4.69, 9.17) is 9.47 Å². The van der Waals surface area contributed by atoms with Crippen LogP contribution in [0.2, 0.25) is 0 Å². The van der Waals surface area contributed by atoms with E-state index in [-0.39, 0.29) is 12.0 Å². The van der Waals surface area contributed by atoms with Gasteiger partial charge in [-0.15, -0.1) is 10.2 Å². The van der Waals surface area contributed by atoms with E-state index in [9.17, 15) is 4.79 Å². The Labute approximate surface area is 103 Å². The molecule has 17 heavy (non-hydrogen) atoms. The summed E-state index contributed by atoms with van der Waals surface area (Å²) in [5.41, 5.74) is 0. The van der Waals surface area contributed by atoms with Crippen molar-refractivity contribution in [2.24, 2.45) is 0 Å². The molecule has 1 aromatic heterocycles. The first kappa shape index (κ1) is 12.4. The van der Waals surface area contributed by atoms with Crippen LogP contribution in [0.15, 0.2) is 0 Å². The average molecular weight is 257 g/mol. The average Bonchev–Trinajstić information content (AvgIpc) is 2.97. The second-order valence-corrected chi connectivity index (χ2v) is 4.69. The fourth-order valence-electron chi connectivity index (χ4n) is 1.52. The van der Waals surface area contributed by atoms with Crippen LogP contribution < -0.4 is 5.32 Å². The monoisotopic (exact) mass is 257 g/mol. The van der Waals surface area contributed by atoms with Crippen molar-refractivity contribution in [2.45, 2.75) is 32.5 Å². The van der Waals surface area contributed by atoms with Gasteiger partial charge < -0.3 is 9.47 Å². The van der Waals surface area contributed by atoms with Crippen LogP contribution in [-0.4, -0.2) is 35.4 Å². The molecule has 7 heteroatoms. The van der Waals surface area contributed by atoms with E-state index < -0.39 is 0 Å². The van der Waals surface area contributed by atoms with Crippen molar-refractivity contribution >= 4 is 22.4 Å². The third kappa shape index (κ3) is 3.45. The normalized spacial score (nSPS) is 19.5. The minimum Gasteiger partial charge on any atom is -0.374 e. The standard InChI is InChI=1S/C10H15N3O3S/c1-2-15-6-8-12-13-10(17-8)11-9(14)7-4-3-5-16-7/h7H,2-6H2,1H3,(H,11,13,14). The highest BCUT2D eigenvalue weighted by molar-refractivity contribution is 7.15. The molecule has 1 saturated heterocycles. The SMILES string of the molecule is CCOCc1nnc(NC(=O)C2CCCO2)s1. The Kier molecular flexibility index (Phi) is 4.41. The largest absolute Gasteiger partial charge is 0.374 e. The summed E-state index contributed by atoms with van der Waals surface area (Å²) < 4.78 is 10.5. The molecular weight excluding hydrogens is 242 g/mol. The van der Waals surface area contributed by atoms with E-state index >= 15 is 0 Å². The van der Waals surface area contributed by atoms with Gasteiger partial charge in [-0.05, 0) is 19.8 Å². The van der Waals surface area contributed by atoms with Gasteiger partial charge in [-0.3, -0.25) is 10.1 Å². The number of ether oxygens (including phenoxy) is 2. The number of hydrogen-bond acceptors (Lipinski definition) is 6. The summed E-state index contributed by atoms with van der Waals surface area (Å²) in [6.45, 7) is 3.64. The quantitative estimate of drug-likeness (QED) is 0.857. The molecule has 0 aliphatic carbocycles. The topological polar surface area (TPSA) is 73.3 Å². The van der Waals surface area contributed by atoms with Crippen LogP contribution in [0.25, 0.3) is 0 Å². The Balaban J connectivity index is 1.85. The number of rotatable bonds is 5. The minimum absolute atomic E-state index is 0.137. The zero-order valence-corrected chi connectivity index (χ0v) is 10.5. The summed E-state index contributed by atoms with van der Waals surface area (Å²) in [4.78, 5) is 11.7. The highest BCUT2D eigenvalue weighted by Crippen LogP contribution is 2.18. The van der Waals surface area contributed by atoms with Crippen LogP contribution in [0.4, 0.5) is 5.13 Å². The number of amides is 1. The van der Waals surface area contributed by atoms with Crippen molar-refractivity contribution in [3.05, 3.63) is 5.01 Å². The Bertz CT molecular complexity index is 377. The summed E-state index contributed by atoms with van der Waals surface area (Å²) in [7, 11) is 0. The Morgan fingerprint density at radius 1 is 1.65 bits per heavy atom. The van der Waals surface area contributed by atoms with Gasteiger partial charge in [0, 0.05) is 13.2 Å². The lowest BCUT2D eigenvalue weighted by Gasteiger charge is -2.06. The van der Waals surface area contributed by atoms with Gasteiger partial charge in [-0.1, -0.05) is 11.3 Å². The van der Waals surface area contributed by atoms with E-state index in [1.807, 2.05) is 6.92 Å². The van der Waals surface area contributed by atoms with Gasteiger partial charge in [0.2, 0.25) is 5.13 Å². The molecule has 0 spiro atoms. The van der Waals surface area contributed by atoms with Crippen molar-refractivity contribution in [3.8, 4) is 0 Å². The van der Waals surface area contributed by atoms with Crippen molar-refractivity contribution in [2.75, 3.05) is 18.5 Å². The van der Waals surface area contributed by atoms with Gasteiger partial charge in [0.1, 0.15) is 17.7 Å². The molecule has 0 saturated carbocycles. The molecular formula is C10H15N3O3S. The highest BCUT2D eigenvalue weighted by Gasteiger charge is 2.24. The first-order valence-electron chi connectivity index (χ1n) is 5.62. The molecule has 94 valence electrons. The second-order valence-electron chi connectivity index (χ2n) is 3.63. The Morgan fingerprint density at radius 2 is 2.53 bits per heavy atom. The molecule has 2 rings (SSSR count). The molecule has 1 fully saturated rings. The molecule has 1 aliphatic rings. The molecule has 0 aromatic carbocycles. The lowest BCUT2D eigenvalue weighted by atomic mass is 10.2. The number of carbonyl (C=O) groups excluding carboxylic acids is 1. The molecule has 1 atom stereocenters. The van der Waals surface area contributed by atoms with E-state index in [0.717, 1.165) is 17.8 Å². The summed E-state index contributed by atoms with van der Waals surface area (Å²) in [5, 5.41) is 11.8. The first-order chi connectivity index (χ1) is 8.29. The van der Waals surface area contributed by atoms with Gasteiger partial charge in [0.25, 0.3) is 5.91 Å². The smallest absolute Gasteiger partial charge is 0.255 e. The Hall–Kier alpha value is -1.05. The van der Waals surface area contributed by atoms with Crippen LogP contribution in [0.1, 0.15) is 24.8 Å². The summed E-state index contributed by atoms with van der Waals surface area (Å²) in [6.07, 6.45) is 1.37. The predicted octanol–water partition coefficient (Wildman–Crippen LogP) is 1.19. The first-order valence-corrected chi connectivity index (χ1v) is 6.44. The molecule has 0 bridgehead atoms. The van der Waals surface area contributed by atoms with Gasteiger partial charge in [-0.25, -0.2) is 0 Å². The molecule has 6 nitrogen and oxygen atoms in total. The van der Waals surface area contributed by atoms with E-state index in [0.29, 0.717) is 25.0 Å². The van der Waals surface area contributed by atoms with Crippen LogP contribution in [-0.2, 0) is 20.9 Å². The lowest BCUT2D eigenvalue weighted by Crippen LogP contribution is -2.26. The third-order valence-corrected chi connectivity index (χ3v) is 3.16. The zero-order chi connectivity index (χ0) is 12.1. The van der Waals surface area contributed by atoms with E-state index in [2.05, 4.69) is 15.5 Å². The molecule has 1 aliphatic heterocycles. The molecule has 1 aromatic rings. The Morgan fingerprint density at radius 3 is 3.24 bits per heavy atom. The summed E-state index contributed by atoms with van der Waals surface area (Å²) >= 11 is 1.33. The van der Waals surface area contributed by atoms with Crippen LogP contribution in [0.5, 0.6) is 0 Å². The fraction of sp³-hybridized carbons (Fsp3) is 0.700. The number of aromatic nitrogens is 2. The maximum atomic E-state index is 11.7. The number of carbonyl (C=O) groups is 1. The number of nitrogens with zero attached hydrogens (tertiary/aromatic N) is 2. The summed E-state index contributed by atoms with van der Waals surface area (Å²) in [6, 6.07) is 0. The molecule has 2 heterocycles. The van der Waals surface area contributed by atoms with Crippen LogP contribution >= 0.6 is 11.3 Å². The van der Waals surface area contributed by atoms with Crippen LogP contribution in [0.3, 0.4) is 0 Å². The molecule has 1 unspecified atom stereocenters. The zero-order valence-electron chi connectivity index (χ0n) is 9.64. The summed E-state index contributed by atoms with van der Waals surface area (Å²) in [5.74, 6) is -0.137. The van der Waals surface area contributed by atoms with Crippen LogP contribution in [0, 0.1) is 0 Å². The third-order valence-electron chi connectivity index (χ3n) is 2.35. The molecule has 0 radical (unpaired) electrons. The molecule has 1 amide bonds. The minimum atomic E-state index is -0.339. The number of nitrogens with one attached hydrogen (secondary N) is 1. The van der Waals surface area contributed by atoms with Gasteiger partial charge in [0.15, 0.2) is 0 Å². The predicted molar refractivity (Wildman–Crippen MR) is 62.8 cm³/mol. The van der Waals surface area contributed by atoms with Crippen molar-refractivity contribution in [3.63, 3.8) is 0 Å². The fourth-order valence-corrected chi connectivity index (χ4v) is 2.20. The van der Waals surface area contributed by atoms with Gasteiger partial charge >= 0.3 is 0 Å². The van der Waals surface area contributed by atoms with Crippen molar-refractivity contribution in [1.29, 1.82) is 0 Å². The maximum Gasteiger partial charge on any atom is 0.255 e. The van der Waals surface area contributed by atoms with E-state index in [1.54, 1.807) is 0 Å². The van der Waals surface area contributed by atoms with Gasteiger partial charge in [0.05, 0.1) is 0 Å². The number of anilines is 1. The maximum absolute atomic E-state index is 11.7. The van der Waals surface area contributed by atoms with Crippen molar-refractivity contribution in [1.82, 2.24) is 10.2 Å². The number of hydrogen-bond donors (Lipinski definition) is 1. The second kappa shape index (κ2) is 6.04.